The molecular weight excluding hydrogens is 375 g/mol. The minimum Gasteiger partial charge on any atom is -0.361 e. The lowest BCUT2D eigenvalue weighted by Crippen LogP contribution is -2.23. The first kappa shape index (κ1) is 18.3. The van der Waals surface area contributed by atoms with Gasteiger partial charge >= 0.3 is 0 Å². The van der Waals surface area contributed by atoms with Gasteiger partial charge < -0.3 is 9.97 Å². The number of nitrogens with one attached hydrogen (secondary N) is 3. The molecule has 4 nitrogen and oxygen atoms in total. The van der Waals surface area contributed by atoms with E-state index >= 15 is 0 Å². The molecule has 0 aliphatic heterocycles. The van der Waals surface area contributed by atoms with Crippen LogP contribution in [0.4, 0.5) is 4.39 Å². The highest BCUT2D eigenvalue weighted by atomic mass is 19.1. The molecule has 1 unspecified atom stereocenters. The van der Waals surface area contributed by atoms with Crippen molar-refractivity contribution < 1.29 is 4.39 Å². The molecule has 0 aliphatic carbocycles. The Bertz CT molecular complexity index is 1260. The number of aromatic amines is 2. The fraction of sp³-hybridized carbons (Fsp3) is 0.0800. The van der Waals surface area contributed by atoms with Gasteiger partial charge in [0.2, 0.25) is 0 Å². The SMILES string of the molecule is Fc1ccc2c(C(NCc3ccccc3)c3ncc(-c4ccccc4)[nH]3)c[nH]c2c1. The summed E-state index contributed by atoms with van der Waals surface area (Å²) >= 11 is 0. The minimum atomic E-state index is -0.256. The molecule has 0 saturated heterocycles. The van der Waals surface area contributed by atoms with Crippen LogP contribution in [0.1, 0.15) is 23.0 Å². The third-order valence-electron chi connectivity index (χ3n) is 5.29. The maximum absolute atomic E-state index is 13.7. The maximum Gasteiger partial charge on any atom is 0.128 e. The van der Waals surface area contributed by atoms with Crippen LogP contribution in [0.5, 0.6) is 0 Å². The van der Waals surface area contributed by atoms with Gasteiger partial charge in [0, 0.05) is 29.2 Å². The lowest BCUT2D eigenvalue weighted by Gasteiger charge is -2.17. The van der Waals surface area contributed by atoms with Gasteiger partial charge in [-0.1, -0.05) is 60.7 Å². The largest absolute Gasteiger partial charge is 0.361 e. The molecule has 30 heavy (non-hydrogen) atoms. The molecule has 5 heteroatoms. The lowest BCUT2D eigenvalue weighted by atomic mass is 10.0. The quantitative estimate of drug-likeness (QED) is 0.351. The average Bonchev–Trinajstić information content (AvgIpc) is 3.43. The number of nitrogens with zero attached hydrogens (tertiary/aromatic N) is 1. The Morgan fingerprint density at radius 3 is 2.50 bits per heavy atom. The summed E-state index contributed by atoms with van der Waals surface area (Å²) in [5.41, 5.74) is 5.02. The number of imidazole rings is 1. The van der Waals surface area contributed by atoms with E-state index in [1.165, 1.54) is 17.7 Å². The van der Waals surface area contributed by atoms with E-state index in [2.05, 4.69) is 44.5 Å². The third-order valence-corrected chi connectivity index (χ3v) is 5.29. The Morgan fingerprint density at radius 1 is 0.933 bits per heavy atom. The van der Waals surface area contributed by atoms with Crippen molar-refractivity contribution in [3.8, 4) is 11.3 Å². The molecule has 3 aromatic carbocycles. The van der Waals surface area contributed by atoms with Crippen LogP contribution in [0, 0.1) is 5.82 Å². The predicted octanol–water partition coefficient (Wildman–Crippen LogP) is 5.58. The van der Waals surface area contributed by atoms with Crippen LogP contribution >= 0.6 is 0 Å². The number of rotatable bonds is 6. The average molecular weight is 396 g/mol. The van der Waals surface area contributed by atoms with E-state index in [-0.39, 0.29) is 11.9 Å². The maximum atomic E-state index is 13.7. The fourth-order valence-electron chi connectivity index (χ4n) is 3.78. The van der Waals surface area contributed by atoms with Crippen LogP contribution in [-0.2, 0) is 6.54 Å². The molecule has 0 amide bonds. The van der Waals surface area contributed by atoms with E-state index in [9.17, 15) is 4.39 Å². The zero-order valence-corrected chi connectivity index (χ0v) is 16.3. The molecule has 0 aliphatic rings. The summed E-state index contributed by atoms with van der Waals surface area (Å²) in [6.45, 7) is 0.681. The zero-order valence-electron chi connectivity index (χ0n) is 16.3. The van der Waals surface area contributed by atoms with Gasteiger partial charge in [-0.15, -0.1) is 0 Å². The normalized spacial score (nSPS) is 12.3. The molecule has 0 spiro atoms. The van der Waals surface area contributed by atoms with Gasteiger partial charge in [-0.2, -0.15) is 0 Å². The van der Waals surface area contributed by atoms with Crippen molar-refractivity contribution in [1.82, 2.24) is 20.3 Å². The summed E-state index contributed by atoms with van der Waals surface area (Å²) in [5, 5.41) is 4.59. The Labute approximate surface area is 173 Å². The first-order chi connectivity index (χ1) is 14.8. The standard InChI is InChI=1S/C25H21FN4/c26-19-11-12-20-21(15-27-22(20)13-19)24(28-14-17-7-3-1-4-8-17)25-29-16-23(30-25)18-9-5-2-6-10-18/h1-13,15-16,24,27-28H,14H2,(H,29,30). The second-order valence-corrected chi connectivity index (χ2v) is 7.28. The fourth-order valence-corrected chi connectivity index (χ4v) is 3.78. The highest BCUT2D eigenvalue weighted by Gasteiger charge is 2.21. The summed E-state index contributed by atoms with van der Waals surface area (Å²) in [6.07, 6.45) is 3.79. The zero-order chi connectivity index (χ0) is 20.3. The minimum absolute atomic E-state index is 0.179. The van der Waals surface area contributed by atoms with E-state index in [1.54, 1.807) is 0 Å². The monoisotopic (exact) mass is 396 g/mol. The van der Waals surface area contributed by atoms with Crippen LogP contribution in [-0.4, -0.2) is 15.0 Å². The summed E-state index contributed by atoms with van der Waals surface area (Å²) in [6, 6.07) is 25.0. The first-order valence-corrected chi connectivity index (χ1v) is 9.92. The van der Waals surface area contributed by atoms with E-state index in [4.69, 9.17) is 0 Å². The summed E-state index contributed by atoms with van der Waals surface area (Å²) < 4.78 is 13.7. The van der Waals surface area contributed by atoms with Crippen molar-refractivity contribution in [1.29, 1.82) is 0 Å². The van der Waals surface area contributed by atoms with Gasteiger partial charge in [0.25, 0.3) is 0 Å². The second kappa shape index (κ2) is 7.97. The molecule has 3 N–H and O–H groups in total. The second-order valence-electron chi connectivity index (χ2n) is 7.28. The molecule has 5 rings (SSSR count). The first-order valence-electron chi connectivity index (χ1n) is 9.92. The number of hydrogen-bond donors (Lipinski definition) is 3. The van der Waals surface area contributed by atoms with Crippen LogP contribution in [0.25, 0.3) is 22.2 Å². The molecule has 2 heterocycles. The number of fused-ring (bicyclic) bond motifs is 1. The van der Waals surface area contributed by atoms with Crippen LogP contribution in [0.2, 0.25) is 0 Å². The van der Waals surface area contributed by atoms with E-state index in [1.807, 2.05) is 54.9 Å². The Balaban J connectivity index is 1.53. The molecule has 5 aromatic rings. The van der Waals surface area contributed by atoms with Crippen molar-refractivity contribution in [3.63, 3.8) is 0 Å². The number of H-pyrrole nitrogens is 2. The van der Waals surface area contributed by atoms with Crippen LogP contribution in [0.3, 0.4) is 0 Å². The summed E-state index contributed by atoms with van der Waals surface area (Å²) in [4.78, 5) is 11.3. The Kier molecular flexibility index (Phi) is 4.87. The van der Waals surface area contributed by atoms with Crippen molar-refractivity contribution >= 4 is 10.9 Å². The topological polar surface area (TPSA) is 56.5 Å². The molecule has 0 bridgehead atoms. The highest BCUT2D eigenvalue weighted by Crippen LogP contribution is 2.30. The van der Waals surface area contributed by atoms with Gasteiger partial charge in [0.15, 0.2) is 0 Å². The summed E-state index contributed by atoms with van der Waals surface area (Å²) in [5.74, 6) is 0.559. The van der Waals surface area contributed by atoms with Crippen molar-refractivity contribution in [2.45, 2.75) is 12.6 Å². The molecule has 0 radical (unpaired) electrons. The Morgan fingerprint density at radius 2 is 1.70 bits per heavy atom. The van der Waals surface area contributed by atoms with Gasteiger partial charge in [0.05, 0.1) is 17.9 Å². The number of halogens is 1. The van der Waals surface area contributed by atoms with Gasteiger partial charge in [-0.25, -0.2) is 9.37 Å². The third kappa shape index (κ3) is 3.63. The van der Waals surface area contributed by atoms with Gasteiger partial charge in [-0.3, -0.25) is 5.32 Å². The van der Waals surface area contributed by atoms with Gasteiger partial charge in [-0.05, 0) is 29.3 Å². The van der Waals surface area contributed by atoms with Crippen molar-refractivity contribution in [2.75, 3.05) is 0 Å². The smallest absolute Gasteiger partial charge is 0.128 e. The molecular formula is C25H21FN4. The molecule has 0 saturated carbocycles. The van der Waals surface area contributed by atoms with Crippen molar-refractivity contribution in [2.24, 2.45) is 0 Å². The number of aromatic nitrogens is 3. The number of hydrogen-bond acceptors (Lipinski definition) is 2. The van der Waals surface area contributed by atoms with E-state index < -0.39 is 0 Å². The van der Waals surface area contributed by atoms with Crippen molar-refractivity contribution in [3.05, 3.63) is 114 Å². The summed E-state index contributed by atoms with van der Waals surface area (Å²) in [7, 11) is 0. The highest BCUT2D eigenvalue weighted by molar-refractivity contribution is 5.84. The lowest BCUT2D eigenvalue weighted by molar-refractivity contribution is 0.584. The van der Waals surface area contributed by atoms with Crippen LogP contribution in [0.15, 0.2) is 91.3 Å². The Hall–Kier alpha value is -3.70. The molecule has 148 valence electrons. The molecule has 2 aromatic heterocycles. The molecule has 1 atom stereocenters. The number of benzene rings is 3. The van der Waals surface area contributed by atoms with Crippen LogP contribution < -0.4 is 5.32 Å². The predicted molar refractivity (Wildman–Crippen MR) is 117 cm³/mol. The van der Waals surface area contributed by atoms with E-state index in [0.29, 0.717) is 6.54 Å². The van der Waals surface area contributed by atoms with Gasteiger partial charge in [0.1, 0.15) is 11.6 Å². The van der Waals surface area contributed by atoms with E-state index in [0.717, 1.165) is 33.5 Å². The molecule has 0 fully saturated rings.